The molecule has 1 N–H and O–H groups in total. The van der Waals surface area contributed by atoms with Crippen LogP contribution in [0.2, 0.25) is 0 Å². The minimum Gasteiger partial charge on any atom is -0.377 e. The molecule has 2 saturated carbocycles. The standard InChI is InChI=1S/C14H22O/c1-4-14(15)10-6-8-12-11(2)7-5-9-13(12,14)3/h1,11-12,15H,5-10H2,2-3H3/t11-,12?,13+,14?/m0/s1. The fourth-order valence-electron chi connectivity index (χ4n) is 4.02. The third-order valence-electron chi connectivity index (χ3n) is 5.10. The zero-order valence-corrected chi connectivity index (χ0v) is 9.92. The molecule has 0 aromatic heterocycles. The van der Waals surface area contributed by atoms with Gasteiger partial charge in [-0.1, -0.05) is 32.6 Å². The van der Waals surface area contributed by atoms with Crippen molar-refractivity contribution in [3.8, 4) is 12.3 Å². The number of hydrogen-bond donors (Lipinski definition) is 1. The average Bonchev–Trinajstić information content (AvgIpc) is 2.21. The summed E-state index contributed by atoms with van der Waals surface area (Å²) in [5, 5.41) is 10.6. The maximum Gasteiger partial charge on any atom is 0.130 e. The fourth-order valence-corrected chi connectivity index (χ4v) is 4.02. The highest BCUT2D eigenvalue weighted by Gasteiger charge is 2.55. The van der Waals surface area contributed by atoms with Crippen molar-refractivity contribution in [3.63, 3.8) is 0 Å². The molecule has 15 heavy (non-hydrogen) atoms. The largest absolute Gasteiger partial charge is 0.377 e. The summed E-state index contributed by atoms with van der Waals surface area (Å²) in [6.45, 7) is 4.54. The molecular weight excluding hydrogens is 184 g/mol. The Labute approximate surface area is 93.3 Å². The Morgan fingerprint density at radius 2 is 1.93 bits per heavy atom. The van der Waals surface area contributed by atoms with E-state index in [2.05, 4.69) is 19.8 Å². The molecule has 0 heterocycles. The van der Waals surface area contributed by atoms with E-state index in [-0.39, 0.29) is 5.41 Å². The second kappa shape index (κ2) is 3.52. The number of terminal acetylenes is 1. The lowest BCUT2D eigenvalue weighted by Crippen LogP contribution is -2.55. The zero-order valence-electron chi connectivity index (χ0n) is 9.92. The molecule has 0 radical (unpaired) electrons. The van der Waals surface area contributed by atoms with Crippen molar-refractivity contribution in [2.45, 2.75) is 58.0 Å². The molecule has 2 fully saturated rings. The van der Waals surface area contributed by atoms with Gasteiger partial charge in [-0.15, -0.1) is 6.42 Å². The molecule has 0 aliphatic heterocycles. The molecule has 2 unspecified atom stereocenters. The van der Waals surface area contributed by atoms with Crippen LogP contribution >= 0.6 is 0 Å². The molecular formula is C14H22O. The minimum atomic E-state index is -0.843. The molecule has 2 rings (SSSR count). The third kappa shape index (κ3) is 1.42. The molecule has 4 atom stereocenters. The molecule has 1 nitrogen and oxygen atoms in total. The van der Waals surface area contributed by atoms with Crippen molar-refractivity contribution in [2.24, 2.45) is 17.3 Å². The van der Waals surface area contributed by atoms with Gasteiger partial charge in [0, 0.05) is 5.41 Å². The van der Waals surface area contributed by atoms with E-state index in [0.717, 1.165) is 25.2 Å². The van der Waals surface area contributed by atoms with Crippen LogP contribution in [-0.4, -0.2) is 10.7 Å². The lowest BCUT2D eigenvalue weighted by molar-refractivity contribution is -0.129. The first-order valence-corrected chi connectivity index (χ1v) is 6.24. The van der Waals surface area contributed by atoms with Crippen LogP contribution in [0.4, 0.5) is 0 Å². The van der Waals surface area contributed by atoms with Crippen LogP contribution < -0.4 is 0 Å². The van der Waals surface area contributed by atoms with Crippen molar-refractivity contribution in [2.75, 3.05) is 0 Å². The summed E-state index contributed by atoms with van der Waals surface area (Å²) in [6.07, 6.45) is 12.3. The molecule has 0 spiro atoms. The van der Waals surface area contributed by atoms with Gasteiger partial charge in [-0.05, 0) is 37.5 Å². The molecule has 0 amide bonds. The Bertz CT molecular complexity index is 290. The average molecular weight is 206 g/mol. The van der Waals surface area contributed by atoms with Gasteiger partial charge in [0.2, 0.25) is 0 Å². The second-order valence-electron chi connectivity index (χ2n) is 5.79. The van der Waals surface area contributed by atoms with Gasteiger partial charge in [0.05, 0.1) is 0 Å². The maximum atomic E-state index is 10.6. The Morgan fingerprint density at radius 3 is 2.60 bits per heavy atom. The summed E-state index contributed by atoms with van der Waals surface area (Å²) < 4.78 is 0. The Balaban J connectivity index is 2.35. The van der Waals surface area contributed by atoms with Gasteiger partial charge in [0.15, 0.2) is 0 Å². The van der Waals surface area contributed by atoms with Crippen molar-refractivity contribution in [3.05, 3.63) is 0 Å². The third-order valence-corrected chi connectivity index (χ3v) is 5.10. The first-order valence-electron chi connectivity index (χ1n) is 6.24. The highest BCUT2D eigenvalue weighted by Crippen LogP contribution is 2.56. The van der Waals surface area contributed by atoms with Crippen molar-refractivity contribution >= 4 is 0 Å². The highest BCUT2D eigenvalue weighted by molar-refractivity contribution is 5.19. The molecule has 2 aliphatic rings. The molecule has 84 valence electrons. The first kappa shape index (κ1) is 11.0. The normalized spacial score (nSPS) is 50.5. The summed E-state index contributed by atoms with van der Waals surface area (Å²) in [7, 11) is 0. The van der Waals surface area contributed by atoms with Gasteiger partial charge < -0.3 is 5.11 Å². The van der Waals surface area contributed by atoms with E-state index in [0.29, 0.717) is 5.92 Å². The van der Waals surface area contributed by atoms with Gasteiger partial charge in [-0.2, -0.15) is 0 Å². The van der Waals surface area contributed by atoms with Crippen LogP contribution in [0.25, 0.3) is 0 Å². The number of aliphatic hydroxyl groups is 1. The van der Waals surface area contributed by atoms with Gasteiger partial charge in [-0.25, -0.2) is 0 Å². The van der Waals surface area contributed by atoms with Crippen molar-refractivity contribution < 1.29 is 5.11 Å². The molecule has 0 aromatic carbocycles. The van der Waals surface area contributed by atoms with Crippen LogP contribution in [0, 0.1) is 29.6 Å². The van der Waals surface area contributed by atoms with E-state index in [1.807, 2.05) is 0 Å². The van der Waals surface area contributed by atoms with Gasteiger partial charge in [0.1, 0.15) is 5.60 Å². The lowest BCUT2D eigenvalue weighted by atomic mass is 9.51. The molecule has 2 aliphatic carbocycles. The Kier molecular flexibility index (Phi) is 2.59. The molecule has 0 aromatic rings. The zero-order chi connectivity index (χ0) is 11.1. The highest BCUT2D eigenvalue weighted by atomic mass is 16.3. The molecule has 0 bridgehead atoms. The van der Waals surface area contributed by atoms with Gasteiger partial charge >= 0.3 is 0 Å². The van der Waals surface area contributed by atoms with Gasteiger partial charge in [-0.3, -0.25) is 0 Å². The first-order chi connectivity index (χ1) is 7.03. The quantitative estimate of drug-likeness (QED) is 0.604. The summed E-state index contributed by atoms with van der Waals surface area (Å²) in [6, 6.07) is 0. The summed E-state index contributed by atoms with van der Waals surface area (Å²) in [4.78, 5) is 0. The van der Waals surface area contributed by atoms with E-state index >= 15 is 0 Å². The Morgan fingerprint density at radius 1 is 1.27 bits per heavy atom. The maximum absolute atomic E-state index is 10.6. The van der Waals surface area contributed by atoms with Crippen LogP contribution in [-0.2, 0) is 0 Å². The van der Waals surface area contributed by atoms with E-state index in [1.54, 1.807) is 0 Å². The smallest absolute Gasteiger partial charge is 0.130 e. The summed E-state index contributed by atoms with van der Waals surface area (Å²) in [5.74, 6) is 4.05. The predicted octanol–water partition coefficient (Wildman–Crippen LogP) is 2.98. The molecule has 1 heteroatoms. The summed E-state index contributed by atoms with van der Waals surface area (Å²) in [5.41, 5.74) is -0.873. The van der Waals surface area contributed by atoms with E-state index in [1.165, 1.54) is 19.3 Å². The van der Waals surface area contributed by atoms with E-state index in [4.69, 9.17) is 6.42 Å². The fraction of sp³-hybridized carbons (Fsp3) is 0.857. The van der Waals surface area contributed by atoms with Crippen molar-refractivity contribution in [1.82, 2.24) is 0 Å². The number of rotatable bonds is 0. The SMILES string of the molecule is C#CC1(O)CCCC2[C@@H](C)CCC[C@]21C. The van der Waals surface area contributed by atoms with E-state index < -0.39 is 5.60 Å². The van der Waals surface area contributed by atoms with Crippen LogP contribution in [0.5, 0.6) is 0 Å². The van der Waals surface area contributed by atoms with Crippen LogP contribution in [0.3, 0.4) is 0 Å². The van der Waals surface area contributed by atoms with Crippen LogP contribution in [0.1, 0.15) is 52.4 Å². The van der Waals surface area contributed by atoms with Crippen LogP contribution in [0.15, 0.2) is 0 Å². The Hall–Kier alpha value is -0.480. The second-order valence-corrected chi connectivity index (χ2v) is 5.79. The summed E-state index contributed by atoms with van der Waals surface area (Å²) >= 11 is 0. The minimum absolute atomic E-state index is 0.0301. The number of hydrogen-bond acceptors (Lipinski definition) is 1. The topological polar surface area (TPSA) is 20.2 Å². The molecule has 0 saturated heterocycles. The number of fused-ring (bicyclic) bond motifs is 1. The monoisotopic (exact) mass is 206 g/mol. The van der Waals surface area contributed by atoms with E-state index in [9.17, 15) is 5.11 Å². The van der Waals surface area contributed by atoms with Crippen molar-refractivity contribution in [1.29, 1.82) is 0 Å². The van der Waals surface area contributed by atoms with Gasteiger partial charge in [0.25, 0.3) is 0 Å². The lowest BCUT2D eigenvalue weighted by Gasteiger charge is -2.55. The predicted molar refractivity (Wildman–Crippen MR) is 62.2 cm³/mol.